The average Bonchev–Trinajstić information content (AvgIpc) is 2.77. The number of hydrogen-bond donors (Lipinski definition) is 0. The summed E-state index contributed by atoms with van der Waals surface area (Å²) >= 11 is 3.24. The van der Waals surface area contributed by atoms with Crippen molar-refractivity contribution in [2.24, 2.45) is 5.92 Å². The molecule has 1 nitrogen and oxygen atoms in total. The van der Waals surface area contributed by atoms with Gasteiger partial charge in [-0.2, -0.15) is 0 Å². The predicted molar refractivity (Wildman–Crippen MR) is 65.7 cm³/mol. The van der Waals surface area contributed by atoms with Gasteiger partial charge in [0.25, 0.3) is 0 Å². The lowest BCUT2D eigenvalue weighted by atomic mass is 10.1. The number of benzene rings is 1. The maximum absolute atomic E-state index is 13.2. The van der Waals surface area contributed by atoms with Crippen LogP contribution in [0.25, 0.3) is 0 Å². The van der Waals surface area contributed by atoms with Crippen molar-refractivity contribution in [1.29, 1.82) is 0 Å². The van der Waals surface area contributed by atoms with Gasteiger partial charge in [0.15, 0.2) is 0 Å². The van der Waals surface area contributed by atoms with E-state index in [2.05, 4.69) is 15.9 Å². The predicted octanol–water partition coefficient (Wildman–Crippen LogP) is 4.30. The van der Waals surface area contributed by atoms with Crippen molar-refractivity contribution in [1.82, 2.24) is 0 Å². The fourth-order valence-electron chi connectivity index (χ4n) is 2.17. The Bertz CT molecular complexity index is 348. The highest BCUT2D eigenvalue weighted by Gasteiger charge is 2.15. The lowest BCUT2D eigenvalue weighted by molar-refractivity contribution is 0.0883. The lowest BCUT2D eigenvalue weighted by Gasteiger charge is -2.11. The molecule has 0 aromatic heterocycles. The molecule has 0 radical (unpaired) electrons. The molecule has 0 unspecified atom stereocenters. The van der Waals surface area contributed by atoms with Crippen LogP contribution in [0.1, 0.15) is 31.2 Å². The summed E-state index contributed by atoms with van der Waals surface area (Å²) in [5.41, 5.74) is 0.887. The van der Waals surface area contributed by atoms with Gasteiger partial charge >= 0.3 is 0 Å². The minimum absolute atomic E-state index is 0.220. The van der Waals surface area contributed by atoms with Crippen molar-refractivity contribution in [2.45, 2.75) is 32.3 Å². The van der Waals surface area contributed by atoms with Gasteiger partial charge in [-0.15, -0.1) is 0 Å². The third kappa shape index (κ3) is 3.05. The Hall–Kier alpha value is -0.410. The summed E-state index contributed by atoms with van der Waals surface area (Å²) in [6.45, 7) is 1.30. The van der Waals surface area contributed by atoms with E-state index in [0.29, 0.717) is 17.0 Å². The van der Waals surface area contributed by atoms with Crippen molar-refractivity contribution >= 4 is 15.9 Å². The molecule has 88 valence electrons. The Labute approximate surface area is 104 Å². The third-order valence-corrected chi connectivity index (χ3v) is 4.01. The van der Waals surface area contributed by atoms with E-state index in [-0.39, 0.29) is 5.82 Å². The highest BCUT2D eigenvalue weighted by Crippen LogP contribution is 2.26. The van der Waals surface area contributed by atoms with E-state index in [0.717, 1.165) is 12.2 Å². The standard InChI is InChI=1S/C13H16BrFO/c14-13-11(6-3-7-12(13)15)9-16-8-10-4-1-2-5-10/h3,6-7,10H,1-2,4-5,8-9H2. The van der Waals surface area contributed by atoms with Crippen LogP contribution in [0.3, 0.4) is 0 Å². The monoisotopic (exact) mass is 286 g/mol. The molecule has 0 saturated heterocycles. The van der Waals surface area contributed by atoms with Crippen LogP contribution in [0, 0.1) is 11.7 Å². The van der Waals surface area contributed by atoms with Crippen LogP contribution in [0.5, 0.6) is 0 Å². The van der Waals surface area contributed by atoms with Crippen molar-refractivity contribution in [3.8, 4) is 0 Å². The Morgan fingerprint density at radius 2 is 2.06 bits per heavy atom. The summed E-state index contributed by atoms with van der Waals surface area (Å²) in [5.74, 6) is 0.495. The summed E-state index contributed by atoms with van der Waals surface area (Å²) in [6.07, 6.45) is 5.23. The van der Waals surface area contributed by atoms with Crippen LogP contribution < -0.4 is 0 Å². The molecule has 0 aliphatic heterocycles. The van der Waals surface area contributed by atoms with Gasteiger partial charge in [-0.3, -0.25) is 0 Å². The first kappa shape index (κ1) is 12.1. The zero-order valence-corrected chi connectivity index (χ0v) is 10.8. The molecule has 1 aliphatic carbocycles. The minimum Gasteiger partial charge on any atom is -0.376 e. The summed E-state index contributed by atoms with van der Waals surface area (Å²) < 4.78 is 19.4. The Morgan fingerprint density at radius 1 is 1.31 bits per heavy atom. The van der Waals surface area contributed by atoms with Gasteiger partial charge in [-0.1, -0.05) is 25.0 Å². The number of rotatable bonds is 4. The van der Waals surface area contributed by atoms with Crippen LogP contribution in [-0.4, -0.2) is 6.61 Å². The molecule has 0 bridgehead atoms. The molecular formula is C13H16BrFO. The van der Waals surface area contributed by atoms with Gasteiger partial charge in [0.2, 0.25) is 0 Å². The molecule has 1 aliphatic rings. The van der Waals surface area contributed by atoms with Gasteiger partial charge in [0, 0.05) is 6.61 Å². The topological polar surface area (TPSA) is 9.23 Å². The quantitative estimate of drug-likeness (QED) is 0.802. The second-order valence-corrected chi connectivity index (χ2v) is 5.17. The molecule has 1 aromatic rings. The van der Waals surface area contributed by atoms with Gasteiger partial charge in [-0.05, 0) is 46.3 Å². The van der Waals surface area contributed by atoms with Crippen molar-refractivity contribution in [2.75, 3.05) is 6.61 Å². The van der Waals surface area contributed by atoms with Crippen molar-refractivity contribution < 1.29 is 9.13 Å². The van der Waals surface area contributed by atoms with E-state index >= 15 is 0 Å². The van der Waals surface area contributed by atoms with E-state index in [9.17, 15) is 4.39 Å². The van der Waals surface area contributed by atoms with Gasteiger partial charge in [-0.25, -0.2) is 4.39 Å². The maximum atomic E-state index is 13.2. The van der Waals surface area contributed by atoms with Crippen LogP contribution >= 0.6 is 15.9 Å². The Balaban J connectivity index is 1.82. The molecule has 16 heavy (non-hydrogen) atoms. The van der Waals surface area contributed by atoms with Crippen LogP contribution in [0.2, 0.25) is 0 Å². The highest BCUT2D eigenvalue weighted by atomic mass is 79.9. The first-order chi connectivity index (χ1) is 7.77. The van der Waals surface area contributed by atoms with E-state index in [1.54, 1.807) is 6.07 Å². The fourth-order valence-corrected chi connectivity index (χ4v) is 2.55. The molecule has 0 spiro atoms. The molecule has 0 N–H and O–H groups in total. The van der Waals surface area contributed by atoms with Gasteiger partial charge in [0.1, 0.15) is 5.82 Å². The molecule has 0 heterocycles. The van der Waals surface area contributed by atoms with E-state index < -0.39 is 0 Å². The summed E-state index contributed by atoms with van der Waals surface area (Å²) in [5, 5.41) is 0. The Morgan fingerprint density at radius 3 is 2.81 bits per heavy atom. The van der Waals surface area contributed by atoms with Gasteiger partial charge in [0.05, 0.1) is 11.1 Å². The smallest absolute Gasteiger partial charge is 0.137 e. The minimum atomic E-state index is -0.220. The molecule has 2 rings (SSSR count). The maximum Gasteiger partial charge on any atom is 0.137 e. The second-order valence-electron chi connectivity index (χ2n) is 4.38. The number of hydrogen-bond acceptors (Lipinski definition) is 1. The van der Waals surface area contributed by atoms with Crippen molar-refractivity contribution in [3.63, 3.8) is 0 Å². The average molecular weight is 287 g/mol. The summed E-state index contributed by atoms with van der Waals surface area (Å²) in [4.78, 5) is 0. The normalized spacial score (nSPS) is 16.9. The van der Waals surface area contributed by atoms with Crippen LogP contribution in [-0.2, 0) is 11.3 Å². The molecule has 1 aromatic carbocycles. The van der Waals surface area contributed by atoms with Crippen LogP contribution in [0.15, 0.2) is 22.7 Å². The molecule has 3 heteroatoms. The largest absolute Gasteiger partial charge is 0.376 e. The third-order valence-electron chi connectivity index (χ3n) is 3.12. The number of halogens is 2. The van der Waals surface area contributed by atoms with E-state index in [1.165, 1.54) is 31.7 Å². The van der Waals surface area contributed by atoms with Gasteiger partial charge < -0.3 is 4.74 Å². The molecule has 0 amide bonds. The molecular weight excluding hydrogens is 271 g/mol. The zero-order chi connectivity index (χ0) is 11.4. The summed E-state index contributed by atoms with van der Waals surface area (Å²) in [7, 11) is 0. The molecule has 1 fully saturated rings. The fraction of sp³-hybridized carbons (Fsp3) is 0.538. The first-order valence-corrected chi connectivity index (χ1v) is 6.57. The SMILES string of the molecule is Fc1cccc(COCC2CCCC2)c1Br. The molecule has 0 atom stereocenters. The number of ether oxygens (including phenoxy) is 1. The van der Waals surface area contributed by atoms with E-state index in [1.807, 2.05) is 6.07 Å². The second kappa shape index (κ2) is 5.78. The summed E-state index contributed by atoms with van der Waals surface area (Å²) in [6, 6.07) is 5.06. The van der Waals surface area contributed by atoms with Crippen molar-refractivity contribution in [3.05, 3.63) is 34.1 Å². The first-order valence-electron chi connectivity index (χ1n) is 5.78. The Kier molecular flexibility index (Phi) is 4.36. The van der Waals surface area contributed by atoms with Crippen LogP contribution in [0.4, 0.5) is 4.39 Å². The van der Waals surface area contributed by atoms with E-state index in [4.69, 9.17) is 4.74 Å². The zero-order valence-electron chi connectivity index (χ0n) is 9.22. The lowest BCUT2D eigenvalue weighted by Crippen LogP contribution is -2.05. The highest BCUT2D eigenvalue weighted by molar-refractivity contribution is 9.10. The molecule has 1 saturated carbocycles.